The van der Waals surface area contributed by atoms with E-state index in [1.165, 1.54) is 0 Å². The summed E-state index contributed by atoms with van der Waals surface area (Å²) in [6.07, 6.45) is 0. The van der Waals surface area contributed by atoms with Crippen molar-refractivity contribution in [1.29, 1.82) is 0 Å². The molecule has 0 aliphatic carbocycles. The standard InChI is InChI=1S/C7H15N3O2/c1-3-10(4-6(8)11)5(2)7(9)12/h5H,3-4H2,1-2H3,(H2,8,11)(H2,9,12). The molecule has 0 bridgehead atoms. The molecule has 4 N–H and O–H groups in total. The van der Waals surface area contributed by atoms with Crippen molar-refractivity contribution in [2.24, 2.45) is 11.5 Å². The molecule has 0 fully saturated rings. The van der Waals surface area contributed by atoms with Crippen LogP contribution in [0.2, 0.25) is 0 Å². The number of nitrogens with zero attached hydrogens (tertiary/aromatic N) is 1. The summed E-state index contributed by atoms with van der Waals surface area (Å²) >= 11 is 0. The molecule has 1 atom stereocenters. The molecule has 0 saturated heterocycles. The Balaban J connectivity index is 4.14. The second-order valence-electron chi connectivity index (χ2n) is 2.61. The lowest BCUT2D eigenvalue weighted by molar-refractivity contribution is -0.125. The topological polar surface area (TPSA) is 89.4 Å². The largest absolute Gasteiger partial charge is 0.369 e. The molecular weight excluding hydrogens is 158 g/mol. The molecule has 0 aromatic heterocycles. The van der Waals surface area contributed by atoms with Crippen LogP contribution in [0.15, 0.2) is 0 Å². The molecule has 2 amide bonds. The molecule has 0 rings (SSSR count). The third kappa shape index (κ3) is 3.34. The highest BCUT2D eigenvalue weighted by molar-refractivity contribution is 5.81. The smallest absolute Gasteiger partial charge is 0.234 e. The summed E-state index contributed by atoms with van der Waals surface area (Å²) in [5, 5.41) is 0. The number of amides is 2. The van der Waals surface area contributed by atoms with Crippen molar-refractivity contribution in [3.63, 3.8) is 0 Å². The van der Waals surface area contributed by atoms with Crippen molar-refractivity contribution >= 4 is 11.8 Å². The maximum atomic E-state index is 10.7. The van der Waals surface area contributed by atoms with Crippen molar-refractivity contribution in [2.75, 3.05) is 13.1 Å². The Bertz CT molecular complexity index is 181. The molecule has 70 valence electrons. The molecule has 0 spiro atoms. The minimum absolute atomic E-state index is 0.0700. The number of rotatable bonds is 5. The van der Waals surface area contributed by atoms with Crippen LogP contribution in [0.1, 0.15) is 13.8 Å². The zero-order valence-electron chi connectivity index (χ0n) is 7.41. The number of carbonyl (C=O) groups is 2. The maximum Gasteiger partial charge on any atom is 0.234 e. The van der Waals surface area contributed by atoms with Crippen LogP contribution in [-0.4, -0.2) is 35.8 Å². The van der Waals surface area contributed by atoms with Gasteiger partial charge in [-0.1, -0.05) is 6.92 Å². The summed E-state index contributed by atoms with van der Waals surface area (Å²) in [6, 6.07) is -0.442. The van der Waals surface area contributed by atoms with Gasteiger partial charge in [0.1, 0.15) is 0 Å². The quantitative estimate of drug-likeness (QED) is 0.539. The van der Waals surface area contributed by atoms with Gasteiger partial charge in [0.05, 0.1) is 12.6 Å². The zero-order valence-corrected chi connectivity index (χ0v) is 7.41. The Morgan fingerprint density at radius 3 is 2.17 bits per heavy atom. The van der Waals surface area contributed by atoms with Gasteiger partial charge in [-0.05, 0) is 13.5 Å². The maximum absolute atomic E-state index is 10.7. The lowest BCUT2D eigenvalue weighted by Gasteiger charge is -2.23. The minimum Gasteiger partial charge on any atom is -0.369 e. The predicted molar refractivity (Wildman–Crippen MR) is 45.1 cm³/mol. The Morgan fingerprint density at radius 1 is 1.42 bits per heavy atom. The average Bonchev–Trinajstić information content (AvgIpc) is 1.98. The van der Waals surface area contributed by atoms with Gasteiger partial charge in [0.2, 0.25) is 11.8 Å². The molecule has 5 nitrogen and oxygen atoms in total. The van der Waals surface area contributed by atoms with E-state index in [0.717, 1.165) is 0 Å². The molecular formula is C7H15N3O2. The first-order valence-electron chi connectivity index (χ1n) is 3.80. The van der Waals surface area contributed by atoms with Crippen LogP contribution < -0.4 is 11.5 Å². The van der Waals surface area contributed by atoms with E-state index in [2.05, 4.69) is 0 Å². The molecule has 12 heavy (non-hydrogen) atoms. The fourth-order valence-electron chi connectivity index (χ4n) is 0.903. The number of primary amides is 2. The summed E-state index contributed by atoms with van der Waals surface area (Å²) in [4.78, 5) is 22.8. The first kappa shape index (κ1) is 10.9. The molecule has 0 aromatic carbocycles. The van der Waals surface area contributed by atoms with Crippen LogP contribution in [0.25, 0.3) is 0 Å². The van der Waals surface area contributed by atoms with Gasteiger partial charge in [-0.2, -0.15) is 0 Å². The fourth-order valence-corrected chi connectivity index (χ4v) is 0.903. The Kier molecular flexibility index (Phi) is 4.28. The van der Waals surface area contributed by atoms with Gasteiger partial charge in [0.15, 0.2) is 0 Å². The van der Waals surface area contributed by atoms with Gasteiger partial charge < -0.3 is 11.5 Å². The molecule has 0 heterocycles. The van der Waals surface area contributed by atoms with E-state index in [4.69, 9.17) is 11.5 Å². The lowest BCUT2D eigenvalue weighted by atomic mass is 10.2. The predicted octanol–water partition coefficient (Wildman–Crippen LogP) is -1.33. The molecule has 0 aliphatic rings. The van der Waals surface area contributed by atoms with Crippen molar-refractivity contribution in [2.45, 2.75) is 19.9 Å². The van der Waals surface area contributed by atoms with Crippen LogP contribution >= 0.6 is 0 Å². The molecule has 0 saturated carbocycles. The Labute approximate surface area is 71.7 Å². The third-order valence-corrected chi connectivity index (χ3v) is 1.72. The van der Waals surface area contributed by atoms with Crippen LogP contribution in [0.3, 0.4) is 0 Å². The number of carbonyl (C=O) groups excluding carboxylic acids is 2. The SMILES string of the molecule is CCN(CC(N)=O)C(C)C(N)=O. The van der Waals surface area contributed by atoms with Crippen LogP contribution in [0.4, 0.5) is 0 Å². The zero-order chi connectivity index (χ0) is 9.72. The number of hydrogen-bond acceptors (Lipinski definition) is 3. The Hall–Kier alpha value is -1.10. The van der Waals surface area contributed by atoms with E-state index in [-0.39, 0.29) is 6.54 Å². The normalized spacial score (nSPS) is 12.9. The molecule has 1 unspecified atom stereocenters. The van der Waals surface area contributed by atoms with E-state index in [0.29, 0.717) is 6.54 Å². The molecule has 0 aromatic rings. The van der Waals surface area contributed by atoms with Gasteiger partial charge in [-0.15, -0.1) is 0 Å². The number of hydrogen-bond donors (Lipinski definition) is 2. The van der Waals surface area contributed by atoms with E-state index in [9.17, 15) is 9.59 Å². The van der Waals surface area contributed by atoms with Gasteiger partial charge in [0, 0.05) is 0 Å². The van der Waals surface area contributed by atoms with E-state index in [1.54, 1.807) is 11.8 Å². The van der Waals surface area contributed by atoms with Gasteiger partial charge in [-0.25, -0.2) is 0 Å². The van der Waals surface area contributed by atoms with Crippen molar-refractivity contribution in [3.05, 3.63) is 0 Å². The molecule has 5 heteroatoms. The molecule has 0 aliphatic heterocycles. The van der Waals surface area contributed by atoms with E-state index in [1.807, 2.05) is 6.92 Å². The summed E-state index contributed by atoms with van der Waals surface area (Å²) in [7, 11) is 0. The van der Waals surface area contributed by atoms with Crippen molar-refractivity contribution < 1.29 is 9.59 Å². The van der Waals surface area contributed by atoms with Gasteiger partial charge >= 0.3 is 0 Å². The highest BCUT2D eigenvalue weighted by atomic mass is 16.2. The third-order valence-electron chi connectivity index (χ3n) is 1.72. The molecule has 0 radical (unpaired) electrons. The number of likely N-dealkylation sites (N-methyl/N-ethyl adjacent to an activating group) is 1. The van der Waals surface area contributed by atoms with Gasteiger partial charge in [-0.3, -0.25) is 14.5 Å². The fraction of sp³-hybridized carbons (Fsp3) is 0.714. The Morgan fingerprint density at radius 2 is 1.92 bits per heavy atom. The minimum atomic E-state index is -0.454. The first-order chi connectivity index (χ1) is 5.49. The van der Waals surface area contributed by atoms with Crippen LogP contribution in [-0.2, 0) is 9.59 Å². The monoisotopic (exact) mass is 173 g/mol. The second-order valence-corrected chi connectivity index (χ2v) is 2.61. The van der Waals surface area contributed by atoms with Crippen molar-refractivity contribution in [3.8, 4) is 0 Å². The van der Waals surface area contributed by atoms with Crippen molar-refractivity contribution in [1.82, 2.24) is 4.90 Å². The number of nitrogens with two attached hydrogens (primary N) is 2. The second kappa shape index (κ2) is 4.71. The van der Waals surface area contributed by atoms with Crippen LogP contribution in [0, 0.1) is 0 Å². The highest BCUT2D eigenvalue weighted by Gasteiger charge is 2.18. The van der Waals surface area contributed by atoms with E-state index < -0.39 is 17.9 Å². The van der Waals surface area contributed by atoms with E-state index >= 15 is 0 Å². The lowest BCUT2D eigenvalue weighted by Crippen LogP contribution is -2.46. The average molecular weight is 173 g/mol. The summed E-state index contributed by atoms with van der Waals surface area (Å²) in [5.41, 5.74) is 10.0. The summed E-state index contributed by atoms with van der Waals surface area (Å²) < 4.78 is 0. The van der Waals surface area contributed by atoms with Crippen LogP contribution in [0.5, 0.6) is 0 Å². The summed E-state index contributed by atoms with van der Waals surface area (Å²) in [5.74, 6) is -0.900. The first-order valence-corrected chi connectivity index (χ1v) is 3.80. The summed E-state index contributed by atoms with van der Waals surface area (Å²) in [6.45, 7) is 4.13. The van der Waals surface area contributed by atoms with Gasteiger partial charge in [0.25, 0.3) is 0 Å². The highest BCUT2D eigenvalue weighted by Crippen LogP contribution is 1.96.